The molecule has 26 heavy (non-hydrogen) atoms. The Morgan fingerprint density at radius 2 is 2.00 bits per heavy atom. The molecular formula is C18H23FN4O3. The highest BCUT2D eigenvalue weighted by molar-refractivity contribution is 5.96. The van der Waals surface area contributed by atoms with Gasteiger partial charge >= 0.3 is 0 Å². The lowest BCUT2D eigenvalue weighted by molar-refractivity contribution is -0.126. The topological polar surface area (TPSA) is 120 Å². The minimum absolute atomic E-state index is 0.109. The number of carbonyl (C=O) groups is 2. The van der Waals surface area contributed by atoms with E-state index in [-0.39, 0.29) is 23.1 Å². The van der Waals surface area contributed by atoms with Crippen LogP contribution in [0.25, 0.3) is 0 Å². The summed E-state index contributed by atoms with van der Waals surface area (Å²) >= 11 is 0. The van der Waals surface area contributed by atoms with Crippen molar-refractivity contribution in [2.24, 2.45) is 5.73 Å². The van der Waals surface area contributed by atoms with Gasteiger partial charge in [0, 0.05) is 19.0 Å². The van der Waals surface area contributed by atoms with Gasteiger partial charge < -0.3 is 21.5 Å². The Morgan fingerprint density at radius 3 is 2.50 bits per heavy atom. The van der Waals surface area contributed by atoms with E-state index in [4.69, 9.17) is 16.2 Å². The predicted octanol–water partition coefficient (Wildman–Crippen LogP) is 2.34. The summed E-state index contributed by atoms with van der Waals surface area (Å²) in [4.78, 5) is 26.6. The Balaban J connectivity index is 0.000000350. The highest BCUT2D eigenvalue weighted by Crippen LogP contribution is 2.10. The molecule has 0 radical (unpaired) electrons. The number of anilines is 2. The number of carbonyl (C=O) groups excluding carboxylic acids is 2. The van der Waals surface area contributed by atoms with Crippen molar-refractivity contribution >= 4 is 23.2 Å². The Labute approximate surface area is 151 Å². The largest absolute Gasteiger partial charge is 0.396 e. The lowest BCUT2D eigenvalue weighted by Gasteiger charge is -2.14. The number of nitrogens with one attached hydrogen (secondary N) is 1. The van der Waals surface area contributed by atoms with Crippen LogP contribution in [-0.2, 0) is 9.53 Å². The number of rotatable bonds is 6. The second-order valence-corrected chi connectivity index (χ2v) is 5.32. The first kappa shape index (κ1) is 21.0. The van der Waals surface area contributed by atoms with Gasteiger partial charge in [-0.3, -0.25) is 14.6 Å². The first-order valence-corrected chi connectivity index (χ1v) is 7.98. The fraction of sp³-hybridized carbons (Fsp3) is 0.278. The number of nitrogen functional groups attached to an aromatic ring is 1. The van der Waals surface area contributed by atoms with Gasteiger partial charge in [-0.05, 0) is 30.7 Å². The molecular weight excluding hydrogens is 339 g/mol. The Hall–Kier alpha value is -3.00. The third-order valence-electron chi connectivity index (χ3n) is 3.31. The zero-order valence-electron chi connectivity index (χ0n) is 14.7. The van der Waals surface area contributed by atoms with Gasteiger partial charge in [-0.15, -0.1) is 0 Å². The normalized spacial score (nSPS) is 11.0. The average Bonchev–Trinajstić information content (AvgIpc) is 2.62. The maximum atomic E-state index is 12.2. The first-order valence-electron chi connectivity index (χ1n) is 7.98. The third kappa shape index (κ3) is 6.86. The molecule has 0 fully saturated rings. The number of hydrogen-bond donors (Lipinski definition) is 3. The second-order valence-electron chi connectivity index (χ2n) is 5.32. The number of nitrogens with two attached hydrogens (primary N) is 2. The summed E-state index contributed by atoms with van der Waals surface area (Å²) < 4.78 is 17.3. The molecule has 1 atom stereocenters. The summed E-state index contributed by atoms with van der Waals surface area (Å²) in [6, 6.07) is 9.16. The van der Waals surface area contributed by atoms with Gasteiger partial charge in [0.2, 0.25) is 0 Å². The molecule has 7 nitrogen and oxygen atoms in total. The van der Waals surface area contributed by atoms with Crippen LogP contribution < -0.4 is 16.8 Å². The van der Waals surface area contributed by atoms with Crippen LogP contribution in [-0.4, -0.2) is 30.0 Å². The van der Waals surface area contributed by atoms with Crippen molar-refractivity contribution in [2.45, 2.75) is 25.9 Å². The summed E-state index contributed by atoms with van der Waals surface area (Å²) in [5.41, 5.74) is 11.0. The van der Waals surface area contributed by atoms with Crippen LogP contribution in [0.2, 0.25) is 0 Å². The van der Waals surface area contributed by atoms with Crippen molar-refractivity contribution in [1.82, 2.24) is 4.98 Å². The quantitative estimate of drug-likeness (QED) is 0.681. The van der Waals surface area contributed by atoms with E-state index in [0.717, 1.165) is 6.42 Å². The van der Waals surface area contributed by atoms with Crippen LogP contribution in [0.15, 0.2) is 42.6 Å². The number of para-hydroxylation sites is 1. The molecule has 0 spiro atoms. The maximum absolute atomic E-state index is 12.2. The Bertz CT molecular complexity index is 719. The molecule has 5 N–H and O–H groups in total. The molecule has 2 aromatic rings. The summed E-state index contributed by atoms with van der Waals surface area (Å²) in [5.74, 6) is -1.24. The molecule has 8 heteroatoms. The van der Waals surface area contributed by atoms with Gasteiger partial charge in [-0.1, -0.05) is 25.5 Å². The zero-order chi connectivity index (χ0) is 19.5. The number of aromatic nitrogens is 1. The minimum atomic E-state index is -0.636. The van der Waals surface area contributed by atoms with Crippen LogP contribution in [0.5, 0.6) is 0 Å². The number of nitrogens with zero attached hydrogens (tertiary/aromatic N) is 1. The van der Waals surface area contributed by atoms with E-state index in [9.17, 15) is 14.0 Å². The minimum Gasteiger partial charge on any atom is -0.396 e. The number of pyridine rings is 1. The van der Waals surface area contributed by atoms with Gasteiger partial charge in [0.25, 0.3) is 11.8 Å². The monoisotopic (exact) mass is 362 g/mol. The third-order valence-corrected chi connectivity index (χ3v) is 3.31. The number of amides is 2. The first-order chi connectivity index (χ1) is 12.4. The molecule has 2 amide bonds. The van der Waals surface area contributed by atoms with Gasteiger partial charge in [0.05, 0.1) is 5.69 Å². The van der Waals surface area contributed by atoms with E-state index >= 15 is 0 Å². The van der Waals surface area contributed by atoms with Crippen molar-refractivity contribution in [3.05, 3.63) is 54.1 Å². The zero-order valence-corrected chi connectivity index (χ0v) is 14.7. The molecule has 1 heterocycles. The van der Waals surface area contributed by atoms with Crippen molar-refractivity contribution in [1.29, 1.82) is 0 Å². The van der Waals surface area contributed by atoms with E-state index in [0.29, 0.717) is 12.1 Å². The van der Waals surface area contributed by atoms with Gasteiger partial charge in [-0.2, -0.15) is 0 Å². The van der Waals surface area contributed by atoms with Gasteiger partial charge in [0.1, 0.15) is 17.6 Å². The van der Waals surface area contributed by atoms with Crippen LogP contribution in [0.3, 0.4) is 0 Å². The molecule has 1 unspecified atom stereocenters. The molecule has 2 rings (SSSR count). The average molecular weight is 362 g/mol. The predicted molar refractivity (Wildman–Crippen MR) is 97.9 cm³/mol. The number of halogens is 1. The number of ether oxygens (including phenoxy) is 1. The van der Waals surface area contributed by atoms with Crippen LogP contribution in [0.4, 0.5) is 15.8 Å². The smallest absolute Gasteiger partial charge is 0.267 e. The van der Waals surface area contributed by atoms with Crippen molar-refractivity contribution < 1.29 is 18.7 Å². The fourth-order valence-electron chi connectivity index (χ4n) is 1.96. The highest BCUT2D eigenvalue weighted by Gasteiger charge is 2.17. The number of benzene rings is 1. The molecule has 1 aromatic carbocycles. The molecule has 0 saturated carbocycles. The maximum Gasteiger partial charge on any atom is 0.267 e. The lowest BCUT2D eigenvalue weighted by atomic mass is 10.2. The molecule has 0 saturated heterocycles. The van der Waals surface area contributed by atoms with Crippen LogP contribution in [0.1, 0.15) is 30.3 Å². The van der Waals surface area contributed by atoms with E-state index in [1.54, 1.807) is 18.2 Å². The highest BCUT2D eigenvalue weighted by atomic mass is 19.1. The molecule has 0 aliphatic rings. The van der Waals surface area contributed by atoms with E-state index in [1.165, 1.54) is 31.5 Å². The Kier molecular flexibility index (Phi) is 8.72. The van der Waals surface area contributed by atoms with Crippen LogP contribution >= 0.6 is 0 Å². The summed E-state index contributed by atoms with van der Waals surface area (Å²) in [7, 11) is 1.49. The molecule has 0 aliphatic heterocycles. The van der Waals surface area contributed by atoms with Gasteiger partial charge in [-0.25, -0.2) is 4.39 Å². The summed E-state index contributed by atoms with van der Waals surface area (Å²) in [6.45, 7) is 1.97. The van der Waals surface area contributed by atoms with E-state index < -0.39 is 12.0 Å². The number of methoxy groups -OCH3 is 1. The second kappa shape index (κ2) is 10.8. The van der Waals surface area contributed by atoms with E-state index in [2.05, 4.69) is 10.3 Å². The molecule has 140 valence electrons. The number of primary amides is 1. The van der Waals surface area contributed by atoms with Gasteiger partial charge in [0.15, 0.2) is 0 Å². The lowest BCUT2D eigenvalue weighted by Crippen LogP contribution is -2.29. The molecule has 0 bridgehead atoms. The standard InChI is InChI=1S/C12H17N3O3.C6H6FN/c1-3-4-10(18-2)12(17)15-8-5-6-14-9(7-8)11(13)16;7-5-3-1-2-4-6(5)8/h5-7,10H,3-4H2,1-2H3,(H2,13,16)(H,14,15,17);1-4H,8H2. The summed E-state index contributed by atoms with van der Waals surface area (Å²) in [6.07, 6.45) is 2.39. The molecule has 0 aliphatic carbocycles. The van der Waals surface area contributed by atoms with Crippen molar-refractivity contribution in [3.63, 3.8) is 0 Å². The van der Waals surface area contributed by atoms with Crippen LogP contribution in [0, 0.1) is 5.82 Å². The van der Waals surface area contributed by atoms with E-state index in [1.807, 2.05) is 6.92 Å². The fourth-order valence-corrected chi connectivity index (χ4v) is 1.96. The SMILES string of the molecule is CCCC(OC)C(=O)Nc1ccnc(C(N)=O)c1.Nc1ccccc1F. The van der Waals surface area contributed by atoms with Crippen molar-refractivity contribution in [2.75, 3.05) is 18.2 Å². The Morgan fingerprint density at radius 1 is 1.31 bits per heavy atom. The van der Waals surface area contributed by atoms with Crippen molar-refractivity contribution in [3.8, 4) is 0 Å². The molecule has 1 aromatic heterocycles. The summed E-state index contributed by atoms with van der Waals surface area (Å²) in [5, 5.41) is 2.66. The number of hydrogen-bond acceptors (Lipinski definition) is 5.